The second-order valence-corrected chi connectivity index (χ2v) is 8.06. The number of rotatable bonds is 5. The molecule has 31 heavy (non-hydrogen) atoms. The Labute approximate surface area is 181 Å². The standard InChI is InChI=1S/C24H26N4O3/c1-16(2)14-26-23(29)19-13-21(27-20-6-4-3-5-18(19)20)22-15-28(11-12-31-22)24(30)17-7-9-25-10-8-17/h3-10,13,16,22H,11-12,14-15H2,1-2H3,(H,26,29)/t22-/m0/s1. The van der Waals surface area contributed by atoms with Gasteiger partial charge < -0.3 is 15.0 Å². The van der Waals surface area contributed by atoms with Crippen LogP contribution in [0, 0.1) is 5.92 Å². The first-order valence-corrected chi connectivity index (χ1v) is 10.5. The van der Waals surface area contributed by atoms with Crippen molar-refractivity contribution in [3.8, 4) is 0 Å². The Morgan fingerprint density at radius 2 is 1.97 bits per heavy atom. The molecule has 0 radical (unpaired) electrons. The van der Waals surface area contributed by atoms with Crippen molar-refractivity contribution in [2.24, 2.45) is 5.92 Å². The van der Waals surface area contributed by atoms with E-state index in [0.717, 1.165) is 10.9 Å². The molecule has 7 heteroatoms. The number of morpholine rings is 1. The topological polar surface area (TPSA) is 84.4 Å². The van der Waals surface area contributed by atoms with Crippen molar-refractivity contribution in [3.63, 3.8) is 0 Å². The van der Waals surface area contributed by atoms with Crippen molar-refractivity contribution in [2.75, 3.05) is 26.2 Å². The molecule has 3 aromatic rings. The average molecular weight is 418 g/mol. The fourth-order valence-electron chi connectivity index (χ4n) is 3.63. The maximum atomic E-state index is 12.9. The largest absolute Gasteiger partial charge is 0.368 e. The summed E-state index contributed by atoms with van der Waals surface area (Å²) in [6, 6.07) is 12.8. The lowest BCUT2D eigenvalue weighted by Crippen LogP contribution is -2.42. The van der Waals surface area contributed by atoms with Crippen LogP contribution in [0.5, 0.6) is 0 Å². The number of fused-ring (bicyclic) bond motifs is 1. The van der Waals surface area contributed by atoms with E-state index in [9.17, 15) is 9.59 Å². The Hall–Kier alpha value is -3.32. The highest BCUT2D eigenvalue weighted by atomic mass is 16.5. The zero-order valence-electron chi connectivity index (χ0n) is 17.7. The van der Waals surface area contributed by atoms with Gasteiger partial charge in [-0.05, 0) is 30.2 Å². The van der Waals surface area contributed by atoms with Gasteiger partial charge in [0.05, 0.1) is 29.9 Å². The number of hydrogen-bond acceptors (Lipinski definition) is 5. The second kappa shape index (κ2) is 9.22. The van der Waals surface area contributed by atoms with Crippen LogP contribution < -0.4 is 5.32 Å². The zero-order chi connectivity index (χ0) is 21.8. The van der Waals surface area contributed by atoms with E-state index in [0.29, 0.717) is 49.0 Å². The van der Waals surface area contributed by atoms with Crippen LogP contribution in [-0.2, 0) is 4.74 Å². The van der Waals surface area contributed by atoms with Crippen molar-refractivity contribution in [1.82, 2.24) is 20.2 Å². The van der Waals surface area contributed by atoms with Gasteiger partial charge in [0.15, 0.2) is 0 Å². The number of carbonyl (C=O) groups is 2. The summed E-state index contributed by atoms with van der Waals surface area (Å²) in [7, 11) is 0. The van der Waals surface area contributed by atoms with Crippen molar-refractivity contribution in [2.45, 2.75) is 20.0 Å². The molecule has 0 spiro atoms. The van der Waals surface area contributed by atoms with E-state index in [1.807, 2.05) is 24.3 Å². The minimum Gasteiger partial charge on any atom is -0.368 e. The normalized spacial score (nSPS) is 16.5. The summed E-state index contributed by atoms with van der Waals surface area (Å²) < 4.78 is 5.96. The summed E-state index contributed by atoms with van der Waals surface area (Å²) in [5.74, 6) is 0.159. The number of benzene rings is 1. The van der Waals surface area contributed by atoms with Gasteiger partial charge in [-0.2, -0.15) is 0 Å². The van der Waals surface area contributed by atoms with Crippen LogP contribution in [0.4, 0.5) is 0 Å². The van der Waals surface area contributed by atoms with Crippen LogP contribution >= 0.6 is 0 Å². The molecule has 0 unspecified atom stereocenters. The van der Waals surface area contributed by atoms with Crippen LogP contribution in [-0.4, -0.2) is 52.9 Å². The molecule has 0 saturated carbocycles. The number of ether oxygens (including phenoxy) is 1. The third kappa shape index (κ3) is 4.72. The van der Waals surface area contributed by atoms with E-state index in [1.165, 1.54) is 0 Å². The number of hydrogen-bond donors (Lipinski definition) is 1. The molecule has 3 heterocycles. The van der Waals surface area contributed by atoms with Crippen molar-refractivity contribution in [3.05, 3.63) is 71.7 Å². The molecule has 0 bridgehead atoms. The highest BCUT2D eigenvalue weighted by Crippen LogP contribution is 2.26. The van der Waals surface area contributed by atoms with Gasteiger partial charge in [0.25, 0.3) is 11.8 Å². The lowest BCUT2D eigenvalue weighted by Gasteiger charge is -2.33. The molecule has 1 atom stereocenters. The third-order valence-corrected chi connectivity index (χ3v) is 5.26. The fraction of sp³-hybridized carbons (Fsp3) is 0.333. The Kier molecular flexibility index (Phi) is 6.23. The zero-order valence-corrected chi connectivity index (χ0v) is 17.7. The first kappa shape index (κ1) is 20.9. The highest BCUT2D eigenvalue weighted by Gasteiger charge is 2.28. The van der Waals surface area contributed by atoms with Gasteiger partial charge in [-0.25, -0.2) is 4.98 Å². The monoisotopic (exact) mass is 418 g/mol. The average Bonchev–Trinajstić information content (AvgIpc) is 2.82. The summed E-state index contributed by atoms with van der Waals surface area (Å²) in [5, 5.41) is 3.79. The summed E-state index contributed by atoms with van der Waals surface area (Å²) in [6.45, 7) is 6.00. The minimum atomic E-state index is -0.402. The number of nitrogens with one attached hydrogen (secondary N) is 1. The van der Waals surface area contributed by atoms with Gasteiger partial charge in [0.1, 0.15) is 6.10 Å². The lowest BCUT2D eigenvalue weighted by molar-refractivity contribution is -0.0246. The molecule has 1 fully saturated rings. The molecule has 0 aliphatic carbocycles. The van der Waals surface area contributed by atoms with Gasteiger partial charge in [-0.1, -0.05) is 32.0 Å². The number of amides is 2. The third-order valence-electron chi connectivity index (χ3n) is 5.26. The van der Waals surface area contributed by atoms with Crippen LogP contribution in [0.3, 0.4) is 0 Å². The predicted octanol–water partition coefficient (Wildman–Crippen LogP) is 3.23. The van der Waals surface area contributed by atoms with E-state index in [-0.39, 0.29) is 11.8 Å². The van der Waals surface area contributed by atoms with Crippen LogP contribution in [0.15, 0.2) is 54.9 Å². The molecule has 1 aliphatic heterocycles. The molecule has 1 N–H and O–H groups in total. The molecule has 1 saturated heterocycles. The Morgan fingerprint density at radius 1 is 1.19 bits per heavy atom. The molecule has 2 aromatic heterocycles. The Balaban J connectivity index is 1.62. The van der Waals surface area contributed by atoms with Gasteiger partial charge in [0.2, 0.25) is 0 Å². The highest BCUT2D eigenvalue weighted by molar-refractivity contribution is 6.06. The van der Waals surface area contributed by atoms with Crippen LogP contribution in [0.25, 0.3) is 10.9 Å². The number of para-hydroxylation sites is 1. The van der Waals surface area contributed by atoms with Gasteiger partial charge in [-0.15, -0.1) is 0 Å². The quantitative estimate of drug-likeness (QED) is 0.688. The number of nitrogens with zero attached hydrogens (tertiary/aromatic N) is 3. The van der Waals surface area contributed by atoms with E-state index in [2.05, 4.69) is 24.1 Å². The summed E-state index contributed by atoms with van der Waals surface area (Å²) >= 11 is 0. The smallest absolute Gasteiger partial charge is 0.254 e. The number of pyridine rings is 2. The van der Waals surface area contributed by atoms with Crippen molar-refractivity contribution < 1.29 is 14.3 Å². The summed E-state index contributed by atoms with van der Waals surface area (Å²) in [5.41, 5.74) is 2.55. The van der Waals surface area contributed by atoms with Gasteiger partial charge in [0, 0.05) is 36.4 Å². The van der Waals surface area contributed by atoms with E-state index in [1.54, 1.807) is 35.5 Å². The fourth-order valence-corrected chi connectivity index (χ4v) is 3.63. The Bertz CT molecular complexity index is 1080. The van der Waals surface area contributed by atoms with Crippen LogP contribution in [0.2, 0.25) is 0 Å². The molecule has 160 valence electrons. The molecule has 1 aliphatic rings. The molecule has 4 rings (SSSR count). The first-order valence-electron chi connectivity index (χ1n) is 10.5. The molecular formula is C24H26N4O3. The Morgan fingerprint density at radius 3 is 2.74 bits per heavy atom. The van der Waals surface area contributed by atoms with E-state index < -0.39 is 6.10 Å². The summed E-state index contributed by atoms with van der Waals surface area (Å²) in [6.07, 6.45) is 2.82. The number of carbonyl (C=O) groups excluding carboxylic acids is 2. The predicted molar refractivity (Wildman–Crippen MR) is 118 cm³/mol. The molecule has 1 aromatic carbocycles. The van der Waals surface area contributed by atoms with Crippen molar-refractivity contribution >= 4 is 22.7 Å². The van der Waals surface area contributed by atoms with Crippen molar-refractivity contribution in [1.29, 1.82) is 0 Å². The molecule has 7 nitrogen and oxygen atoms in total. The SMILES string of the molecule is CC(C)CNC(=O)c1cc([C@@H]2CN(C(=O)c3ccncc3)CCO2)nc2ccccc12. The first-order chi connectivity index (χ1) is 15.0. The van der Waals surface area contributed by atoms with Crippen LogP contribution in [0.1, 0.15) is 46.4 Å². The molecular weight excluding hydrogens is 392 g/mol. The van der Waals surface area contributed by atoms with Gasteiger partial charge in [-0.3, -0.25) is 14.6 Å². The molecule has 2 amide bonds. The summed E-state index contributed by atoms with van der Waals surface area (Å²) in [4.78, 5) is 36.3. The van der Waals surface area contributed by atoms with E-state index >= 15 is 0 Å². The minimum absolute atomic E-state index is 0.0635. The maximum Gasteiger partial charge on any atom is 0.254 e. The lowest BCUT2D eigenvalue weighted by atomic mass is 10.0. The van der Waals surface area contributed by atoms with E-state index in [4.69, 9.17) is 9.72 Å². The maximum absolute atomic E-state index is 12.9. The van der Waals surface area contributed by atoms with Gasteiger partial charge >= 0.3 is 0 Å². The second-order valence-electron chi connectivity index (χ2n) is 8.06. The number of aromatic nitrogens is 2.